The number of methoxy groups -OCH3 is 2. The Balaban J connectivity index is 0.00000361. The molecule has 0 saturated heterocycles. The van der Waals surface area contributed by atoms with Crippen LogP contribution in [0.5, 0.6) is 5.75 Å². The predicted octanol–water partition coefficient (Wildman–Crippen LogP) is 2.23. The first-order valence-corrected chi connectivity index (χ1v) is 9.50. The Kier molecular flexibility index (Phi) is 10.5. The first-order valence-electron chi connectivity index (χ1n) is 5.77. The summed E-state index contributed by atoms with van der Waals surface area (Å²) in [5.41, 5.74) is -2.38. The molecule has 1 rings (SSSR count). The fraction of sp³-hybridized carbons (Fsp3) is 0.500. The van der Waals surface area contributed by atoms with Gasteiger partial charge in [0.05, 0.1) is 33.5 Å². The Morgan fingerprint density at radius 1 is 1.05 bits per heavy atom. The molecule has 0 aliphatic rings. The van der Waals surface area contributed by atoms with E-state index in [1.807, 2.05) is 24.3 Å². The molecule has 0 aliphatic carbocycles. The van der Waals surface area contributed by atoms with Gasteiger partial charge in [0.15, 0.2) is 0 Å². The summed E-state index contributed by atoms with van der Waals surface area (Å²) >= 11 is 10.7. The number of hydrogen-bond donors (Lipinski definition) is 1. The van der Waals surface area contributed by atoms with Crippen molar-refractivity contribution in [1.82, 2.24) is 6.15 Å². The van der Waals surface area contributed by atoms with E-state index in [4.69, 9.17) is 42.8 Å². The van der Waals surface area contributed by atoms with Crippen LogP contribution in [-0.4, -0.2) is 40.6 Å². The Hall–Kier alpha value is -0.140. The van der Waals surface area contributed by atoms with Gasteiger partial charge >= 0.3 is 0 Å². The number of ether oxygens (including phenoxy) is 3. The van der Waals surface area contributed by atoms with E-state index in [1.165, 1.54) is 0 Å². The van der Waals surface area contributed by atoms with Gasteiger partial charge in [0, 0.05) is 7.11 Å². The van der Waals surface area contributed by atoms with Crippen LogP contribution < -0.4 is 16.2 Å². The van der Waals surface area contributed by atoms with Gasteiger partial charge in [-0.1, -0.05) is 11.8 Å². The van der Waals surface area contributed by atoms with Gasteiger partial charge in [-0.15, -0.1) is 0 Å². The van der Waals surface area contributed by atoms with Crippen molar-refractivity contribution in [2.75, 3.05) is 40.6 Å². The molecule has 1 unspecified atom stereocenters. The van der Waals surface area contributed by atoms with Crippen LogP contribution in [0.3, 0.4) is 0 Å². The van der Waals surface area contributed by atoms with Crippen molar-refractivity contribution in [2.24, 2.45) is 0 Å². The summed E-state index contributed by atoms with van der Waals surface area (Å²) in [7, 11) is 3.25. The first kappa shape index (κ1) is 19.9. The summed E-state index contributed by atoms with van der Waals surface area (Å²) in [5.74, 6) is 0.775. The maximum Gasteiger partial charge on any atom is 0.118 e. The van der Waals surface area contributed by atoms with Crippen LogP contribution in [0.4, 0.5) is 0 Å². The molecule has 0 bridgehead atoms. The SMILES string of the molecule is COCCOCCOP(=S)([S-])c1ccc(OC)cc1.[NH4+]. The third-order valence-electron chi connectivity index (χ3n) is 2.31. The van der Waals surface area contributed by atoms with Crippen LogP contribution in [-0.2, 0) is 38.1 Å². The minimum Gasteiger partial charge on any atom is -0.715 e. The highest BCUT2D eigenvalue weighted by molar-refractivity contribution is 8.56. The molecule has 4 N–H and O–H groups in total. The number of quaternary nitrogens is 1. The molecule has 0 saturated carbocycles. The normalized spacial score (nSPS) is 13.3. The quantitative estimate of drug-likeness (QED) is 0.422. The first-order chi connectivity index (χ1) is 9.10. The third kappa shape index (κ3) is 7.04. The predicted molar refractivity (Wildman–Crippen MR) is 88.9 cm³/mol. The molecular weight excluding hydrogens is 317 g/mol. The van der Waals surface area contributed by atoms with Crippen molar-refractivity contribution in [2.45, 2.75) is 0 Å². The number of benzene rings is 1. The average molecular weight is 339 g/mol. The molecule has 0 fully saturated rings. The largest absolute Gasteiger partial charge is 0.715 e. The van der Waals surface area contributed by atoms with Gasteiger partial charge < -0.3 is 37.1 Å². The van der Waals surface area contributed by atoms with E-state index in [-0.39, 0.29) is 6.15 Å². The van der Waals surface area contributed by atoms with Crippen LogP contribution in [0.25, 0.3) is 0 Å². The second-order valence-electron chi connectivity index (χ2n) is 3.63. The van der Waals surface area contributed by atoms with Gasteiger partial charge in [-0.05, 0) is 35.0 Å². The average Bonchev–Trinajstić information content (AvgIpc) is 2.43. The van der Waals surface area contributed by atoms with Crippen LogP contribution in [0.15, 0.2) is 24.3 Å². The van der Waals surface area contributed by atoms with E-state index in [0.29, 0.717) is 26.4 Å². The van der Waals surface area contributed by atoms with Gasteiger partial charge in [0.1, 0.15) is 5.75 Å². The molecule has 20 heavy (non-hydrogen) atoms. The molecule has 8 heteroatoms. The molecule has 0 aromatic heterocycles. The fourth-order valence-corrected chi connectivity index (χ4v) is 3.46. The molecular formula is C12H22NO4PS2. The number of rotatable bonds is 9. The maximum absolute atomic E-state index is 5.60. The van der Waals surface area contributed by atoms with Gasteiger partial charge in [-0.25, -0.2) is 0 Å². The zero-order chi connectivity index (χ0) is 14.1. The lowest BCUT2D eigenvalue weighted by Crippen LogP contribution is -2.11. The van der Waals surface area contributed by atoms with E-state index >= 15 is 0 Å². The number of hydrogen-bond acceptors (Lipinski definition) is 6. The molecule has 0 heterocycles. The second-order valence-corrected chi connectivity index (χ2v) is 9.18. The molecule has 116 valence electrons. The zero-order valence-corrected chi connectivity index (χ0v) is 14.6. The summed E-state index contributed by atoms with van der Waals surface area (Å²) in [4.78, 5) is 0. The van der Waals surface area contributed by atoms with E-state index in [2.05, 4.69) is 0 Å². The summed E-state index contributed by atoms with van der Waals surface area (Å²) < 4.78 is 20.9. The minimum atomic E-state index is -2.38. The molecule has 1 aromatic carbocycles. The Labute approximate surface area is 130 Å². The minimum absolute atomic E-state index is 0. The maximum atomic E-state index is 5.60. The highest BCUT2D eigenvalue weighted by atomic mass is 32.9. The van der Waals surface area contributed by atoms with Crippen molar-refractivity contribution < 1.29 is 18.7 Å². The van der Waals surface area contributed by atoms with E-state index in [1.54, 1.807) is 14.2 Å². The molecule has 0 spiro atoms. The highest BCUT2D eigenvalue weighted by Gasteiger charge is 2.05. The van der Waals surface area contributed by atoms with Crippen LogP contribution in [0.2, 0.25) is 0 Å². The van der Waals surface area contributed by atoms with E-state index in [9.17, 15) is 0 Å². The smallest absolute Gasteiger partial charge is 0.118 e. The second kappa shape index (κ2) is 10.6. The van der Waals surface area contributed by atoms with Crippen molar-refractivity contribution in [3.05, 3.63) is 24.3 Å². The summed E-state index contributed by atoms with van der Waals surface area (Å²) in [5, 5.41) is 0.857. The lowest BCUT2D eigenvalue weighted by atomic mass is 10.3. The Morgan fingerprint density at radius 3 is 2.20 bits per heavy atom. The molecule has 5 nitrogen and oxygen atoms in total. The summed E-state index contributed by atoms with van der Waals surface area (Å²) in [6.45, 7) is 1.98. The third-order valence-corrected chi connectivity index (χ3v) is 5.66. The highest BCUT2D eigenvalue weighted by Crippen LogP contribution is 2.43. The van der Waals surface area contributed by atoms with Gasteiger partial charge in [0.25, 0.3) is 0 Å². The summed E-state index contributed by atoms with van der Waals surface area (Å²) in [6, 6.07) is 7.39. The van der Waals surface area contributed by atoms with Crippen LogP contribution >= 0.6 is 5.47 Å². The van der Waals surface area contributed by atoms with Crippen molar-refractivity contribution in [3.8, 4) is 5.75 Å². The molecule has 1 atom stereocenters. The van der Waals surface area contributed by atoms with Gasteiger partial charge in [0.2, 0.25) is 0 Å². The zero-order valence-electron chi connectivity index (χ0n) is 12.0. The summed E-state index contributed by atoms with van der Waals surface area (Å²) in [6.07, 6.45) is 0. The molecule has 0 aliphatic heterocycles. The monoisotopic (exact) mass is 339 g/mol. The Morgan fingerprint density at radius 2 is 1.65 bits per heavy atom. The van der Waals surface area contributed by atoms with Crippen LogP contribution in [0, 0.1) is 0 Å². The topological polar surface area (TPSA) is 73.4 Å². The fourth-order valence-electron chi connectivity index (χ4n) is 1.30. The Bertz CT molecular complexity index is 416. The van der Waals surface area contributed by atoms with E-state index in [0.717, 1.165) is 11.1 Å². The van der Waals surface area contributed by atoms with Crippen molar-refractivity contribution in [1.29, 1.82) is 0 Å². The lowest BCUT2D eigenvalue weighted by Gasteiger charge is -2.29. The van der Waals surface area contributed by atoms with E-state index < -0.39 is 5.47 Å². The molecule has 0 amide bonds. The molecule has 0 radical (unpaired) electrons. The van der Waals surface area contributed by atoms with Crippen molar-refractivity contribution in [3.63, 3.8) is 0 Å². The van der Waals surface area contributed by atoms with Crippen molar-refractivity contribution >= 4 is 34.8 Å². The van der Waals surface area contributed by atoms with Gasteiger partial charge in [-0.3, -0.25) is 0 Å². The standard InChI is InChI=1S/C12H19O4PS2.H3N/c1-13-7-8-15-9-10-16-17(18,19)12-5-3-11(14-2)4-6-12;/h3-6H,7-10H2,1-2H3,(H,18,19);1H3. The lowest BCUT2D eigenvalue weighted by molar-refractivity contribution is 0.0568. The van der Waals surface area contributed by atoms with Crippen LogP contribution in [0.1, 0.15) is 0 Å². The molecule has 1 aromatic rings. The van der Waals surface area contributed by atoms with Gasteiger partial charge in [-0.2, -0.15) is 0 Å².